The van der Waals surface area contributed by atoms with Crippen LogP contribution >= 0.6 is 0 Å². The number of amides is 1. The number of anilines is 1. The third kappa shape index (κ3) is 1.07. The van der Waals surface area contributed by atoms with Gasteiger partial charge in [-0.2, -0.15) is 0 Å². The molecule has 0 fully saturated rings. The number of benzene rings is 1. The highest BCUT2D eigenvalue weighted by Crippen LogP contribution is 2.38. The highest BCUT2D eigenvalue weighted by atomic mass is 16.2. The molecule has 2 heteroatoms. The van der Waals surface area contributed by atoms with Crippen LogP contribution in [-0.4, -0.2) is 5.91 Å². The van der Waals surface area contributed by atoms with Gasteiger partial charge in [0.25, 0.3) is 0 Å². The van der Waals surface area contributed by atoms with Crippen LogP contribution in [0.1, 0.15) is 19.4 Å². The lowest BCUT2D eigenvalue weighted by Crippen LogP contribution is -2.28. The second-order valence-corrected chi connectivity index (χ2v) is 3.70. The van der Waals surface area contributed by atoms with Crippen molar-refractivity contribution in [2.75, 3.05) is 5.32 Å². The lowest BCUT2D eigenvalue weighted by atomic mass is 9.83. The van der Waals surface area contributed by atoms with E-state index in [4.69, 9.17) is 0 Å². The molecule has 1 aliphatic heterocycles. The minimum atomic E-state index is -0.495. The van der Waals surface area contributed by atoms with Crippen molar-refractivity contribution in [1.29, 1.82) is 0 Å². The Morgan fingerprint density at radius 2 is 2.07 bits per heavy atom. The summed E-state index contributed by atoms with van der Waals surface area (Å²) in [6, 6.07) is 7.82. The van der Waals surface area contributed by atoms with E-state index in [2.05, 4.69) is 5.32 Å². The highest BCUT2D eigenvalue weighted by molar-refractivity contribution is 6.07. The van der Waals surface area contributed by atoms with Crippen molar-refractivity contribution in [1.82, 2.24) is 0 Å². The van der Waals surface area contributed by atoms with Crippen molar-refractivity contribution in [3.05, 3.63) is 42.0 Å². The van der Waals surface area contributed by atoms with Crippen LogP contribution in [0.4, 0.5) is 5.69 Å². The molecule has 1 aliphatic rings. The van der Waals surface area contributed by atoms with Gasteiger partial charge in [-0.1, -0.05) is 30.4 Å². The minimum absolute atomic E-state index is 0.0526. The standard InChI is InChI=1S/C12H13NO/c1-3-8-12(2)9-6-4-5-7-10(9)13-11(12)14/h3-8H,1-2H3,(H,13,14)/b8-3-. The molecule has 2 rings (SSSR count). The number of para-hydroxylation sites is 1. The molecule has 0 saturated carbocycles. The van der Waals surface area contributed by atoms with Gasteiger partial charge in [-0.05, 0) is 25.5 Å². The van der Waals surface area contributed by atoms with Crippen molar-refractivity contribution in [2.45, 2.75) is 19.3 Å². The summed E-state index contributed by atoms with van der Waals surface area (Å²) in [6.45, 7) is 3.87. The summed E-state index contributed by atoms with van der Waals surface area (Å²) in [5.74, 6) is 0.0526. The first kappa shape index (κ1) is 9.00. The molecule has 0 radical (unpaired) electrons. The third-order valence-corrected chi connectivity index (χ3v) is 2.71. The van der Waals surface area contributed by atoms with Gasteiger partial charge in [-0.15, -0.1) is 0 Å². The average Bonchev–Trinajstić information content (AvgIpc) is 2.41. The van der Waals surface area contributed by atoms with E-state index in [1.807, 2.05) is 50.3 Å². The molecule has 0 aromatic heterocycles. The van der Waals surface area contributed by atoms with Crippen molar-refractivity contribution in [2.24, 2.45) is 0 Å². The number of carbonyl (C=O) groups is 1. The van der Waals surface area contributed by atoms with Crippen LogP contribution in [0, 0.1) is 0 Å². The smallest absolute Gasteiger partial charge is 0.238 e. The average molecular weight is 187 g/mol. The van der Waals surface area contributed by atoms with E-state index in [1.165, 1.54) is 0 Å². The van der Waals surface area contributed by atoms with Crippen LogP contribution in [0.25, 0.3) is 0 Å². The molecule has 14 heavy (non-hydrogen) atoms. The number of rotatable bonds is 1. The molecule has 0 bridgehead atoms. The Bertz CT molecular complexity index is 409. The summed E-state index contributed by atoms with van der Waals surface area (Å²) >= 11 is 0. The number of fused-ring (bicyclic) bond motifs is 1. The van der Waals surface area contributed by atoms with Crippen LogP contribution < -0.4 is 5.32 Å². The van der Waals surface area contributed by atoms with E-state index >= 15 is 0 Å². The summed E-state index contributed by atoms with van der Waals surface area (Å²) in [7, 11) is 0. The van der Waals surface area contributed by atoms with Gasteiger partial charge in [0.1, 0.15) is 0 Å². The summed E-state index contributed by atoms with van der Waals surface area (Å²) in [5.41, 5.74) is 1.49. The predicted molar refractivity (Wildman–Crippen MR) is 57.2 cm³/mol. The number of allylic oxidation sites excluding steroid dienone is 1. The first-order chi connectivity index (χ1) is 6.68. The second-order valence-electron chi connectivity index (χ2n) is 3.70. The van der Waals surface area contributed by atoms with E-state index < -0.39 is 5.41 Å². The molecular weight excluding hydrogens is 174 g/mol. The van der Waals surface area contributed by atoms with Gasteiger partial charge in [0.2, 0.25) is 5.91 Å². The second kappa shape index (κ2) is 2.98. The molecule has 72 valence electrons. The summed E-state index contributed by atoms with van der Waals surface area (Å²) in [4.78, 5) is 11.8. The fraction of sp³-hybridized carbons (Fsp3) is 0.250. The number of nitrogens with one attached hydrogen (secondary N) is 1. The van der Waals surface area contributed by atoms with E-state index in [0.717, 1.165) is 11.3 Å². The molecule has 0 saturated heterocycles. The van der Waals surface area contributed by atoms with E-state index in [-0.39, 0.29) is 5.91 Å². The molecule has 1 atom stereocenters. The normalized spacial score (nSPS) is 25.1. The first-order valence-corrected chi connectivity index (χ1v) is 4.73. The summed E-state index contributed by atoms with van der Waals surface area (Å²) in [5, 5.41) is 2.88. The molecule has 1 unspecified atom stereocenters. The maximum Gasteiger partial charge on any atom is 0.238 e. The quantitative estimate of drug-likeness (QED) is 0.672. The van der Waals surface area contributed by atoms with Gasteiger partial charge in [0, 0.05) is 5.69 Å². The zero-order valence-corrected chi connectivity index (χ0v) is 8.37. The van der Waals surface area contributed by atoms with Crippen molar-refractivity contribution in [3.63, 3.8) is 0 Å². The molecular formula is C12H13NO. The third-order valence-electron chi connectivity index (χ3n) is 2.71. The fourth-order valence-corrected chi connectivity index (χ4v) is 1.92. The lowest BCUT2D eigenvalue weighted by Gasteiger charge is -2.16. The van der Waals surface area contributed by atoms with Crippen LogP contribution in [0.2, 0.25) is 0 Å². The maximum atomic E-state index is 11.8. The van der Waals surface area contributed by atoms with Crippen LogP contribution in [-0.2, 0) is 10.2 Å². The van der Waals surface area contributed by atoms with Crippen molar-refractivity contribution < 1.29 is 4.79 Å². The first-order valence-electron chi connectivity index (χ1n) is 4.73. The minimum Gasteiger partial charge on any atom is -0.325 e. The Kier molecular flexibility index (Phi) is 1.92. The Morgan fingerprint density at radius 3 is 2.79 bits per heavy atom. The van der Waals surface area contributed by atoms with Gasteiger partial charge >= 0.3 is 0 Å². The highest BCUT2D eigenvalue weighted by Gasteiger charge is 2.39. The van der Waals surface area contributed by atoms with Gasteiger partial charge in [0.05, 0.1) is 5.41 Å². The number of carbonyl (C=O) groups excluding carboxylic acids is 1. The van der Waals surface area contributed by atoms with E-state index in [9.17, 15) is 4.79 Å². The molecule has 1 aromatic carbocycles. The SMILES string of the molecule is C/C=C\C1(C)C(=O)Nc2ccccc21. The van der Waals surface area contributed by atoms with Gasteiger partial charge in [0.15, 0.2) is 0 Å². The zero-order chi connectivity index (χ0) is 10.2. The summed E-state index contributed by atoms with van der Waals surface area (Å²) in [6.07, 6.45) is 3.86. The molecule has 0 spiro atoms. The van der Waals surface area contributed by atoms with Crippen LogP contribution in [0.15, 0.2) is 36.4 Å². The Hall–Kier alpha value is -1.57. The fourth-order valence-electron chi connectivity index (χ4n) is 1.92. The monoisotopic (exact) mass is 187 g/mol. The molecule has 0 aliphatic carbocycles. The van der Waals surface area contributed by atoms with Gasteiger partial charge < -0.3 is 5.32 Å². The molecule has 1 amide bonds. The van der Waals surface area contributed by atoms with Crippen LogP contribution in [0.3, 0.4) is 0 Å². The van der Waals surface area contributed by atoms with E-state index in [0.29, 0.717) is 0 Å². The Morgan fingerprint density at radius 1 is 1.36 bits per heavy atom. The summed E-state index contributed by atoms with van der Waals surface area (Å²) < 4.78 is 0. The van der Waals surface area contributed by atoms with Gasteiger partial charge in [-0.25, -0.2) is 0 Å². The van der Waals surface area contributed by atoms with Crippen molar-refractivity contribution in [3.8, 4) is 0 Å². The lowest BCUT2D eigenvalue weighted by molar-refractivity contribution is -0.118. The molecule has 1 heterocycles. The topological polar surface area (TPSA) is 29.1 Å². The van der Waals surface area contributed by atoms with Crippen molar-refractivity contribution >= 4 is 11.6 Å². The Labute approximate surface area is 83.6 Å². The number of hydrogen-bond acceptors (Lipinski definition) is 1. The van der Waals surface area contributed by atoms with E-state index in [1.54, 1.807) is 0 Å². The van der Waals surface area contributed by atoms with Crippen LogP contribution in [0.5, 0.6) is 0 Å². The Balaban J connectivity index is 2.59. The molecule has 1 N–H and O–H groups in total. The zero-order valence-electron chi connectivity index (χ0n) is 8.37. The van der Waals surface area contributed by atoms with Gasteiger partial charge in [-0.3, -0.25) is 4.79 Å². The maximum absolute atomic E-state index is 11.8. The molecule has 2 nitrogen and oxygen atoms in total. The predicted octanol–water partition coefficient (Wildman–Crippen LogP) is 2.47. The molecule has 1 aromatic rings. The largest absolute Gasteiger partial charge is 0.325 e. The number of hydrogen-bond donors (Lipinski definition) is 1.